The lowest BCUT2D eigenvalue weighted by atomic mass is 10.2. The van der Waals surface area contributed by atoms with Gasteiger partial charge in [0.1, 0.15) is 0 Å². The standard InChI is InChI=1S/C15H28O4Si/c1-7-8-9-10-18-15(17)13(4)11-14(16)19-20(5,6)12(2)3/h12H,4,7-11H2,1-3,5-6H3. The molecule has 0 fully saturated rings. The first kappa shape index (κ1) is 18.9. The van der Waals surface area contributed by atoms with Crippen molar-refractivity contribution in [3.63, 3.8) is 0 Å². The average molecular weight is 300 g/mol. The SMILES string of the molecule is C=C(CC(=O)O[Si](C)(C)C(C)C)C(=O)OCCCCC. The van der Waals surface area contributed by atoms with Crippen LogP contribution in [-0.2, 0) is 18.8 Å². The molecule has 0 aliphatic rings. The van der Waals surface area contributed by atoms with Crippen LogP contribution in [0.15, 0.2) is 12.2 Å². The maximum absolute atomic E-state index is 11.8. The lowest BCUT2D eigenvalue weighted by Crippen LogP contribution is -2.36. The van der Waals surface area contributed by atoms with Crippen molar-refractivity contribution < 1.29 is 18.8 Å². The Morgan fingerprint density at radius 3 is 2.30 bits per heavy atom. The molecule has 20 heavy (non-hydrogen) atoms. The minimum Gasteiger partial charge on any atom is -0.519 e. The van der Waals surface area contributed by atoms with Crippen molar-refractivity contribution in [1.29, 1.82) is 0 Å². The Kier molecular flexibility index (Phi) is 8.45. The monoisotopic (exact) mass is 300 g/mol. The number of rotatable bonds is 9. The summed E-state index contributed by atoms with van der Waals surface area (Å²) in [5.41, 5.74) is 0.501. The van der Waals surface area contributed by atoms with E-state index < -0.39 is 14.3 Å². The van der Waals surface area contributed by atoms with Crippen LogP contribution in [0, 0.1) is 0 Å². The topological polar surface area (TPSA) is 52.6 Å². The minimum absolute atomic E-state index is 0.0875. The smallest absolute Gasteiger partial charge is 0.333 e. The minimum atomic E-state index is -2.02. The van der Waals surface area contributed by atoms with E-state index in [9.17, 15) is 9.59 Å². The largest absolute Gasteiger partial charge is 0.519 e. The second kappa shape index (κ2) is 8.95. The molecule has 0 rings (SSSR count). The van der Waals surface area contributed by atoms with Gasteiger partial charge in [-0.3, -0.25) is 4.79 Å². The van der Waals surface area contributed by atoms with Crippen LogP contribution >= 0.6 is 0 Å². The van der Waals surface area contributed by atoms with Crippen molar-refractivity contribution in [2.75, 3.05) is 6.61 Å². The van der Waals surface area contributed by atoms with Gasteiger partial charge in [0.25, 0.3) is 14.3 Å². The van der Waals surface area contributed by atoms with Crippen molar-refractivity contribution in [1.82, 2.24) is 0 Å². The van der Waals surface area contributed by atoms with Crippen molar-refractivity contribution in [3.8, 4) is 0 Å². The van der Waals surface area contributed by atoms with Crippen LogP contribution in [0.1, 0.15) is 46.5 Å². The van der Waals surface area contributed by atoms with E-state index in [2.05, 4.69) is 13.5 Å². The van der Waals surface area contributed by atoms with Crippen LogP contribution in [0.2, 0.25) is 18.6 Å². The number of esters is 1. The van der Waals surface area contributed by atoms with Gasteiger partial charge < -0.3 is 9.16 Å². The Labute approximate surface area is 123 Å². The fraction of sp³-hybridized carbons (Fsp3) is 0.733. The summed E-state index contributed by atoms with van der Waals surface area (Å²) in [5, 5.41) is 0. The summed E-state index contributed by atoms with van der Waals surface area (Å²) in [6.07, 6.45) is 2.85. The number of hydrogen-bond acceptors (Lipinski definition) is 4. The third-order valence-electron chi connectivity index (χ3n) is 3.39. The van der Waals surface area contributed by atoms with Gasteiger partial charge in [0.15, 0.2) is 0 Å². The molecule has 4 nitrogen and oxygen atoms in total. The summed E-state index contributed by atoms with van der Waals surface area (Å²) in [7, 11) is -2.02. The molecule has 116 valence electrons. The Bertz CT molecular complexity index is 348. The molecule has 0 aromatic rings. The van der Waals surface area contributed by atoms with E-state index in [1.165, 1.54) is 0 Å². The maximum Gasteiger partial charge on any atom is 0.333 e. The first-order valence-electron chi connectivity index (χ1n) is 7.27. The van der Waals surface area contributed by atoms with Gasteiger partial charge in [0.05, 0.1) is 13.0 Å². The van der Waals surface area contributed by atoms with Crippen molar-refractivity contribution in [3.05, 3.63) is 12.2 Å². The Morgan fingerprint density at radius 1 is 1.20 bits per heavy atom. The summed E-state index contributed by atoms with van der Waals surface area (Å²) in [6.45, 7) is 14.1. The zero-order valence-electron chi connectivity index (χ0n) is 13.5. The number of carbonyl (C=O) groups is 2. The van der Waals surface area contributed by atoms with E-state index in [0.29, 0.717) is 12.1 Å². The summed E-state index contributed by atoms with van der Waals surface area (Å²) >= 11 is 0. The van der Waals surface area contributed by atoms with Gasteiger partial charge in [-0.05, 0) is 25.1 Å². The lowest BCUT2D eigenvalue weighted by Gasteiger charge is -2.26. The van der Waals surface area contributed by atoms with Crippen LogP contribution in [0.4, 0.5) is 0 Å². The average Bonchev–Trinajstić information content (AvgIpc) is 2.33. The molecule has 0 radical (unpaired) electrons. The van der Waals surface area contributed by atoms with Crippen molar-refractivity contribution in [2.24, 2.45) is 0 Å². The van der Waals surface area contributed by atoms with Gasteiger partial charge in [-0.15, -0.1) is 0 Å². The normalized spacial score (nSPS) is 11.3. The second-order valence-electron chi connectivity index (χ2n) is 5.86. The quantitative estimate of drug-likeness (QED) is 0.281. The third-order valence-corrected chi connectivity index (χ3v) is 6.93. The highest BCUT2D eigenvalue weighted by atomic mass is 28.4. The van der Waals surface area contributed by atoms with Crippen LogP contribution in [0.5, 0.6) is 0 Å². The predicted octanol–water partition coefficient (Wildman–Crippen LogP) is 3.82. The van der Waals surface area contributed by atoms with E-state index in [0.717, 1.165) is 19.3 Å². The molecule has 5 heteroatoms. The molecule has 0 spiro atoms. The highest BCUT2D eigenvalue weighted by molar-refractivity contribution is 6.73. The summed E-state index contributed by atoms with van der Waals surface area (Å²) in [6, 6.07) is 0. The Hall–Kier alpha value is -1.10. The number of unbranched alkanes of at least 4 members (excludes halogenated alkanes) is 2. The van der Waals surface area contributed by atoms with E-state index in [1.807, 2.05) is 26.9 Å². The van der Waals surface area contributed by atoms with Crippen molar-refractivity contribution >= 4 is 20.3 Å². The Balaban J connectivity index is 4.13. The van der Waals surface area contributed by atoms with E-state index in [4.69, 9.17) is 9.16 Å². The molecule has 0 aliphatic carbocycles. The molecule has 0 unspecified atom stereocenters. The summed E-state index contributed by atoms with van der Waals surface area (Å²) < 4.78 is 10.5. The number of carbonyl (C=O) groups excluding carboxylic acids is 2. The van der Waals surface area contributed by atoms with Crippen LogP contribution in [-0.4, -0.2) is 26.9 Å². The van der Waals surface area contributed by atoms with Gasteiger partial charge in [-0.2, -0.15) is 0 Å². The van der Waals surface area contributed by atoms with Crippen LogP contribution in [0.3, 0.4) is 0 Å². The molecule has 0 saturated heterocycles. The molecule has 0 bridgehead atoms. The molecule has 0 amide bonds. The van der Waals surface area contributed by atoms with Gasteiger partial charge in [0, 0.05) is 5.57 Å². The molecule has 0 N–H and O–H groups in total. The number of hydrogen-bond donors (Lipinski definition) is 0. The molecule has 0 saturated carbocycles. The molecule has 0 aromatic carbocycles. The van der Waals surface area contributed by atoms with Gasteiger partial charge in [-0.1, -0.05) is 40.2 Å². The van der Waals surface area contributed by atoms with Gasteiger partial charge in [0.2, 0.25) is 0 Å². The maximum atomic E-state index is 11.8. The molecular weight excluding hydrogens is 272 g/mol. The van der Waals surface area contributed by atoms with Crippen LogP contribution in [0.25, 0.3) is 0 Å². The lowest BCUT2D eigenvalue weighted by molar-refractivity contribution is -0.142. The molecular formula is C15H28O4Si. The highest BCUT2D eigenvalue weighted by Crippen LogP contribution is 2.22. The van der Waals surface area contributed by atoms with E-state index in [1.54, 1.807) is 0 Å². The highest BCUT2D eigenvalue weighted by Gasteiger charge is 2.31. The zero-order chi connectivity index (χ0) is 15.8. The van der Waals surface area contributed by atoms with Crippen molar-refractivity contribution in [2.45, 2.75) is 65.1 Å². The van der Waals surface area contributed by atoms with Crippen LogP contribution < -0.4 is 0 Å². The summed E-state index contributed by atoms with van der Waals surface area (Å²) in [4.78, 5) is 23.4. The van der Waals surface area contributed by atoms with Gasteiger partial charge >= 0.3 is 5.97 Å². The fourth-order valence-corrected chi connectivity index (χ4v) is 2.21. The fourth-order valence-electron chi connectivity index (χ4n) is 1.31. The molecule has 0 heterocycles. The van der Waals surface area contributed by atoms with Gasteiger partial charge in [-0.25, -0.2) is 4.79 Å². The zero-order valence-corrected chi connectivity index (χ0v) is 14.5. The molecule has 0 aliphatic heterocycles. The molecule has 0 atom stereocenters. The summed E-state index contributed by atoms with van der Waals surface area (Å²) in [5.74, 6) is -0.882. The van der Waals surface area contributed by atoms with E-state index >= 15 is 0 Å². The first-order chi connectivity index (χ1) is 9.20. The third kappa shape index (κ3) is 7.48. The second-order valence-corrected chi connectivity index (χ2v) is 10.4. The van der Waals surface area contributed by atoms with E-state index in [-0.39, 0.29) is 18.0 Å². The molecule has 0 aromatic heterocycles. The predicted molar refractivity (Wildman–Crippen MR) is 82.9 cm³/mol. The first-order valence-corrected chi connectivity index (χ1v) is 10.3. The number of ether oxygens (including phenoxy) is 1. The Morgan fingerprint density at radius 2 is 1.80 bits per heavy atom.